The molecule has 0 aliphatic carbocycles. The number of aromatic nitrogens is 2. The number of rotatable bonds is 3. The highest BCUT2D eigenvalue weighted by atomic mass is 79.9. The second-order valence-electron chi connectivity index (χ2n) is 6.11. The summed E-state index contributed by atoms with van der Waals surface area (Å²) in [5.41, 5.74) is 4.50. The molecule has 1 aromatic carbocycles. The molecule has 2 aromatic rings. The minimum atomic E-state index is 0.121. The average molecular weight is 376 g/mol. The van der Waals surface area contributed by atoms with Crippen molar-refractivity contribution in [1.82, 2.24) is 14.7 Å². The standard InChI is InChI=1S/C17H18BrN3O2/c1-11(22)20-7-6-16-15(9-20)17(12-2-4-13(18)5-3-12)19-21(16)8-14-10-23-14/h2-5,14H,6-10H2,1H3. The Bertz CT molecular complexity index is 750. The predicted octanol–water partition coefficient (Wildman–Crippen LogP) is 2.62. The number of ether oxygens (including phenoxy) is 1. The maximum Gasteiger partial charge on any atom is 0.219 e. The van der Waals surface area contributed by atoms with E-state index in [4.69, 9.17) is 9.84 Å². The highest BCUT2D eigenvalue weighted by Gasteiger charge is 2.30. The minimum absolute atomic E-state index is 0.121. The van der Waals surface area contributed by atoms with Gasteiger partial charge >= 0.3 is 0 Å². The molecular weight excluding hydrogens is 358 g/mol. The van der Waals surface area contributed by atoms with Crippen molar-refractivity contribution in [3.63, 3.8) is 0 Å². The molecule has 1 aromatic heterocycles. The van der Waals surface area contributed by atoms with Crippen LogP contribution in [0.4, 0.5) is 0 Å². The molecule has 0 radical (unpaired) electrons. The van der Waals surface area contributed by atoms with E-state index in [1.165, 1.54) is 11.3 Å². The van der Waals surface area contributed by atoms with Gasteiger partial charge in [-0.05, 0) is 12.1 Å². The molecule has 4 rings (SSSR count). The summed E-state index contributed by atoms with van der Waals surface area (Å²) >= 11 is 3.47. The number of benzene rings is 1. The van der Waals surface area contributed by atoms with E-state index in [-0.39, 0.29) is 5.91 Å². The number of hydrogen-bond donors (Lipinski definition) is 0. The Morgan fingerprint density at radius 2 is 2.13 bits per heavy atom. The van der Waals surface area contributed by atoms with Gasteiger partial charge in [-0.15, -0.1) is 0 Å². The van der Waals surface area contributed by atoms with Gasteiger partial charge < -0.3 is 9.64 Å². The highest BCUT2D eigenvalue weighted by molar-refractivity contribution is 9.10. The summed E-state index contributed by atoms with van der Waals surface area (Å²) in [7, 11) is 0. The summed E-state index contributed by atoms with van der Waals surface area (Å²) in [5, 5.41) is 4.85. The monoisotopic (exact) mass is 375 g/mol. The number of hydrogen-bond acceptors (Lipinski definition) is 3. The van der Waals surface area contributed by atoms with Crippen LogP contribution in [0.15, 0.2) is 28.7 Å². The van der Waals surface area contributed by atoms with Crippen LogP contribution in [0.2, 0.25) is 0 Å². The van der Waals surface area contributed by atoms with E-state index in [1.54, 1.807) is 6.92 Å². The van der Waals surface area contributed by atoms with Crippen molar-refractivity contribution in [3.05, 3.63) is 40.0 Å². The maximum atomic E-state index is 11.8. The SMILES string of the molecule is CC(=O)N1CCc2c(c(-c3ccc(Br)cc3)nn2CC2CO2)C1. The molecule has 120 valence electrons. The quantitative estimate of drug-likeness (QED) is 0.774. The zero-order valence-corrected chi connectivity index (χ0v) is 14.5. The van der Waals surface area contributed by atoms with Crippen LogP contribution in [-0.2, 0) is 29.0 Å². The molecule has 0 N–H and O–H groups in total. The first kappa shape index (κ1) is 14.9. The van der Waals surface area contributed by atoms with Gasteiger partial charge in [0.1, 0.15) is 6.10 Å². The molecule has 1 fully saturated rings. The topological polar surface area (TPSA) is 50.7 Å². The van der Waals surface area contributed by atoms with Crippen molar-refractivity contribution >= 4 is 21.8 Å². The number of nitrogens with zero attached hydrogens (tertiary/aromatic N) is 3. The normalized spacial score (nSPS) is 19.6. The van der Waals surface area contributed by atoms with Crippen LogP contribution in [0.25, 0.3) is 11.3 Å². The lowest BCUT2D eigenvalue weighted by Gasteiger charge is -2.26. The van der Waals surface area contributed by atoms with E-state index in [9.17, 15) is 4.79 Å². The predicted molar refractivity (Wildman–Crippen MR) is 89.9 cm³/mol. The summed E-state index contributed by atoms with van der Waals surface area (Å²) in [4.78, 5) is 13.7. The van der Waals surface area contributed by atoms with Crippen molar-refractivity contribution in [3.8, 4) is 11.3 Å². The third-order valence-electron chi connectivity index (χ3n) is 4.48. The molecule has 0 saturated carbocycles. The number of halogens is 1. The Kier molecular flexibility index (Phi) is 3.73. The van der Waals surface area contributed by atoms with Crippen molar-refractivity contribution in [2.24, 2.45) is 0 Å². The van der Waals surface area contributed by atoms with Gasteiger partial charge in [0.05, 0.1) is 18.8 Å². The maximum absolute atomic E-state index is 11.8. The molecule has 0 spiro atoms. The van der Waals surface area contributed by atoms with E-state index < -0.39 is 0 Å². The first-order valence-electron chi connectivity index (χ1n) is 7.83. The Labute approximate surface area is 143 Å². The van der Waals surface area contributed by atoms with E-state index in [2.05, 4.69) is 32.7 Å². The first-order valence-corrected chi connectivity index (χ1v) is 8.62. The van der Waals surface area contributed by atoms with E-state index in [1.807, 2.05) is 17.0 Å². The van der Waals surface area contributed by atoms with Crippen LogP contribution in [0.1, 0.15) is 18.2 Å². The van der Waals surface area contributed by atoms with Crippen molar-refractivity contribution in [2.75, 3.05) is 13.2 Å². The van der Waals surface area contributed by atoms with Crippen LogP contribution < -0.4 is 0 Å². The van der Waals surface area contributed by atoms with Gasteiger partial charge in [-0.25, -0.2) is 0 Å². The van der Waals surface area contributed by atoms with E-state index in [0.717, 1.165) is 41.8 Å². The number of carbonyl (C=O) groups is 1. The highest BCUT2D eigenvalue weighted by Crippen LogP contribution is 2.31. The lowest BCUT2D eigenvalue weighted by Crippen LogP contribution is -2.34. The van der Waals surface area contributed by atoms with Gasteiger partial charge in [0.2, 0.25) is 5.91 Å². The fourth-order valence-electron chi connectivity index (χ4n) is 3.12. The molecule has 5 nitrogen and oxygen atoms in total. The van der Waals surface area contributed by atoms with Crippen LogP contribution in [0, 0.1) is 0 Å². The smallest absolute Gasteiger partial charge is 0.219 e. The molecule has 1 atom stereocenters. The van der Waals surface area contributed by atoms with Crippen molar-refractivity contribution in [1.29, 1.82) is 0 Å². The zero-order chi connectivity index (χ0) is 16.0. The summed E-state index contributed by atoms with van der Waals surface area (Å²) in [6.45, 7) is 4.66. The second-order valence-corrected chi connectivity index (χ2v) is 7.02. The number of epoxide rings is 1. The molecule has 1 amide bonds. The van der Waals surface area contributed by atoms with Gasteiger partial charge in [0.15, 0.2) is 0 Å². The number of amides is 1. The number of fused-ring (bicyclic) bond motifs is 1. The summed E-state index contributed by atoms with van der Waals surface area (Å²) in [6, 6.07) is 8.18. The molecule has 1 unspecified atom stereocenters. The van der Waals surface area contributed by atoms with Gasteiger partial charge in [-0.2, -0.15) is 5.10 Å². The summed E-state index contributed by atoms with van der Waals surface area (Å²) < 4.78 is 8.49. The Balaban J connectivity index is 1.76. The molecule has 1 saturated heterocycles. The molecule has 0 bridgehead atoms. The molecular formula is C17H18BrN3O2. The zero-order valence-electron chi connectivity index (χ0n) is 13.0. The van der Waals surface area contributed by atoms with Crippen molar-refractivity contribution < 1.29 is 9.53 Å². The van der Waals surface area contributed by atoms with Crippen LogP contribution in [0.3, 0.4) is 0 Å². The molecule has 2 aliphatic rings. The van der Waals surface area contributed by atoms with E-state index >= 15 is 0 Å². The summed E-state index contributed by atoms with van der Waals surface area (Å²) in [6.07, 6.45) is 1.15. The Morgan fingerprint density at radius 1 is 1.39 bits per heavy atom. The third-order valence-corrected chi connectivity index (χ3v) is 5.00. The first-order chi connectivity index (χ1) is 11.1. The van der Waals surface area contributed by atoms with Gasteiger partial charge in [-0.3, -0.25) is 9.48 Å². The van der Waals surface area contributed by atoms with Crippen LogP contribution in [0.5, 0.6) is 0 Å². The minimum Gasteiger partial charge on any atom is -0.371 e. The summed E-state index contributed by atoms with van der Waals surface area (Å²) in [5.74, 6) is 0.121. The Hall–Kier alpha value is -1.66. The molecule has 2 aliphatic heterocycles. The third kappa shape index (κ3) is 2.93. The molecule has 23 heavy (non-hydrogen) atoms. The lowest BCUT2D eigenvalue weighted by molar-refractivity contribution is -0.129. The Morgan fingerprint density at radius 3 is 2.78 bits per heavy atom. The molecule has 6 heteroatoms. The van der Waals surface area contributed by atoms with Crippen LogP contribution >= 0.6 is 15.9 Å². The van der Waals surface area contributed by atoms with Crippen LogP contribution in [-0.4, -0.2) is 39.8 Å². The lowest BCUT2D eigenvalue weighted by atomic mass is 10.0. The van der Waals surface area contributed by atoms with Gasteiger partial charge in [-0.1, -0.05) is 28.1 Å². The average Bonchev–Trinajstić information content (AvgIpc) is 3.29. The van der Waals surface area contributed by atoms with Gasteiger partial charge in [0, 0.05) is 47.7 Å². The van der Waals surface area contributed by atoms with Crippen molar-refractivity contribution in [2.45, 2.75) is 32.5 Å². The van der Waals surface area contributed by atoms with Gasteiger partial charge in [0.25, 0.3) is 0 Å². The second kappa shape index (κ2) is 5.76. The largest absolute Gasteiger partial charge is 0.371 e. The number of carbonyl (C=O) groups excluding carboxylic acids is 1. The van der Waals surface area contributed by atoms with E-state index in [0.29, 0.717) is 12.6 Å². The fourth-order valence-corrected chi connectivity index (χ4v) is 3.38. The molecule has 3 heterocycles. The fraction of sp³-hybridized carbons (Fsp3) is 0.412.